The number of hydrogen-bond donors (Lipinski definition) is 9. The van der Waals surface area contributed by atoms with Crippen LogP contribution >= 0.6 is 0 Å². The summed E-state index contributed by atoms with van der Waals surface area (Å²) >= 11 is 0. The summed E-state index contributed by atoms with van der Waals surface area (Å²) in [5.74, 6) is -3.01. The number of morpholine rings is 1. The van der Waals surface area contributed by atoms with Crippen LogP contribution in [0.5, 0.6) is 0 Å². The number of rotatable bonds is 23. The van der Waals surface area contributed by atoms with Gasteiger partial charge in [-0.25, -0.2) is 54.4 Å². The molecule has 0 saturated carbocycles. The SMILES string of the molecule is Fc1cnc(N/N=C/c2ccc(Nc3cccc(C(F)(F)F)c3)cn2)nc1NCCN1CCOCC1.NC(=O)c1ccc(-c2nc(N/N=C/c3ccc(Nc4cccc(C(F)(F)F)c4)cn3)ncc2F)cc1.NC(=O)c1cccc(-c2nc(N/N=C/c3ccc(Nc4cccc(C(F)(F)F)c4)cn3)ncc2F)c1. The number of carbonyl (C=O) groups is 2. The second-order valence-corrected chi connectivity index (χ2v) is 22.6. The summed E-state index contributed by atoms with van der Waals surface area (Å²) in [4.78, 5) is 61.1. The highest BCUT2D eigenvalue weighted by molar-refractivity contribution is 5.94. The van der Waals surface area contributed by atoms with Crippen LogP contribution in [0.2, 0.25) is 0 Å². The molecule has 11 aromatic rings. The van der Waals surface area contributed by atoms with Gasteiger partial charge in [-0.2, -0.15) is 59.8 Å². The highest BCUT2D eigenvalue weighted by atomic mass is 19.4. The van der Waals surface area contributed by atoms with Crippen molar-refractivity contribution in [2.24, 2.45) is 26.8 Å². The Hall–Kier alpha value is -13.6. The molecule has 0 bridgehead atoms. The van der Waals surface area contributed by atoms with E-state index >= 15 is 0 Å². The van der Waals surface area contributed by atoms with Crippen molar-refractivity contribution in [1.82, 2.24) is 49.8 Å². The van der Waals surface area contributed by atoms with Gasteiger partial charge in [0.1, 0.15) is 11.4 Å². The molecule has 554 valence electrons. The van der Waals surface area contributed by atoms with Gasteiger partial charge in [-0.15, -0.1) is 0 Å². The zero-order valence-corrected chi connectivity index (χ0v) is 55.7. The Morgan fingerprint density at radius 3 is 1.23 bits per heavy atom. The normalized spacial score (nSPS) is 12.5. The van der Waals surface area contributed by atoms with E-state index in [4.69, 9.17) is 16.2 Å². The van der Waals surface area contributed by atoms with Crippen molar-refractivity contribution >= 4 is 88.2 Å². The number of hydrazone groups is 3. The number of ether oxygens (including phenoxy) is 1. The summed E-state index contributed by atoms with van der Waals surface area (Å²) in [6.45, 7) is 4.31. The molecule has 0 spiro atoms. The second kappa shape index (κ2) is 35.7. The molecule has 0 atom stereocenters. The van der Waals surface area contributed by atoms with Crippen molar-refractivity contribution in [3.05, 3.63) is 257 Å². The number of anilines is 10. The number of amides is 2. The van der Waals surface area contributed by atoms with Crippen LogP contribution in [-0.4, -0.2) is 120 Å². The molecule has 0 radical (unpaired) electrons. The van der Waals surface area contributed by atoms with E-state index < -0.39 is 64.5 Å². The number of carbonyl (C=O) groups excluding carboxylic acids is 2. The van der Waals surface area contributed by atoms with Crippen LogP contribution < -0.4 is 49.0 Å². The highest BCUT2D eigenvalue weighted by Gasteiger charge is 2.32. The number of nitrogens with one attached hydrogen (secondary N) is 7. The smallest absolute Gasteiger partial charge is 0.379 e. The standard InChI is InChI=1S/2C24H17F4N7O.C23H24F4N8O/c25-20-13-31-23(34-21(20)14-3-1-4-15(9-14)22(29)36)35-32-12-18-7-8-19(11-30-18)33-17-6-2-5-16(10-17)24(26,27)28;25-20-13-31-23(34-21(20)14-4-6-15(7-5-14)22(29)36)35-32-12-18-8-9-19(11-30-18)33-17-3-1-2-16(10-17)24(26,27)28;24-20-15-30-22(33-21(20)28-6-7-35-8-10-36-11-9-35)34-31-14-18-4-5-19(13-29-18)32-17-3-1-2-16(12-17)23(25,26)27/h2*1-13,33H,(H2,29,36)(H,31,34,35);1-5,12-15,32H,6-11H2,(H2,28,30,33,34)/b2*32-12+;31-14+. The number of pyridine rings is 3. The largest absolute Gasteiger partial charge is 0.416 e. The molecular formula is C71H58F12N22O3. The van der Waals surface area contributed by atoms with Crippen molar-refractivity contribution in [3.63, 3.8) is 0 Å². The number of nitrogens with two attached hydrogens (primary N) is 2. The van der Waals surface area contributed by atoms with Crippen LogP contribution in [0.25, 0.3) is 22.5 Å². The summed E-state index contributed by atoms with van der Waals surface area (Å²) in [5, 5.41) is 23.5. The van der Waals surface area contributed by atoms with Crippen LogP contribution in [0.3, 0.4) is 0 Å². The zero-order valence-electron chi connectivity index (χ0n) is 55.7. The minimum absolute atomic E-state index is 0.00173. The summed E-state index contributed by atoms with van der Waals surface area (Å²) < 4.78 is 164. The van der Waals surface area contributed by atoms with E-state index in [1.54, 1.807) is 48.5 Å². The van der Waals surface area contributed by atoms with Gasteiger partial charge in [-0.05, 0) is 115 Å². The third-order valence-electron chi connectivity index (χ3n) is 14.8. The molecule has 7 heterocycles. The molecule has 25 nitrogen and oxygen atoms in total. The quantitative estimate of drug-likeness (QED) is 0.0163. The summed E-state index contributed by atoms with van der Waals surface area (Å²) in [6.07, 6.45) is -1.84. The summed E-state index contributed by atoms with van der Waals surface area (Å²) in [6, 6.07) is 36.2. The van der Waals surface area contributed by atoms with Crippen molar-refractivity contribution in [2.75, 3.05) is 76.9 Å². The highest BCUT2D eigenvalue weighted by Crippen LogP contribution is 2.35. The Kier molecular flexibility index (Phi) is 25.5. The topological polar surface area (TPSA) is 336 Å². The molecule has 0 aliphatic carbocycles. The number of primary amides is 2. The lowest BCUT2D eigenvalue weighted by atomic mass is 10.1. The lowest BCUT2D eigenvalue weighted by molar-refractivity contribution is -0.138. The Morgan fingerprint density at radius 1 is 0.435 bits per heavy atom. The minimum atomic E-state index is -4.44. The molecule has 0 unspecified atom stereocenters. The van der Waals surface area contributed by atoms with Gasteiger partial charge in [-0.1, -0.05) is 42.5 Å². The molecule has 6 aromatic heterocycles. The van der Waals surface area contributed by atoms with Crippen LogP contribution in [0, 0.1) is 17.5 Å². The maximum atomic E-state index is 14.3. The maximum Gasteiger partial charge on any atom is 0.416 e. The van der Waals surface area contributed by atoms with Crippen LogP contribution in [0.4, 0.5) is 110 Å². The lowest BCUT2D eigenvalue weighted by Gasteiger charge is -2.26. The molecular weight excluding hydrogens is 1440 g/mol. The minimum Gasteiger partial charge on any atom is -0.379 e. The fraction of sp³-hybridized carbons (Fsp3) is 0.127. The number of nitrogens with zero attached hydrogens (tertiary/aromatic N) is 13. The monoisotopic (exact) mass is 1490 g/mol. The summed E-state index contributed by atoms with van der Waals surface area (Å²) in [7, 11) is 0. The van der Waals surface area contributed by atoms with Crippen molar-refractivity contribution in [2.45, 2.75) is 18.5 Å². The number of alkyl halides is 9. The van der Waals surface area contributed by atoms with Gasteiger partial charge in [0.15, 0.2) is 23.3 Å². The van der Waals surface area contributed by atoms with Crippen LogP contribution in [0.1, 0.15) is 54.5 Å². The van der Waals surface area contributed by atoms with Crippen molar-refractivity contribution in [1.29, 1.82) is 0 Å². The number of aromatic nitrogens is 9. The van der Waals surface area contributed by atoms with E-state index in [2.05, 4.69) is 103 Å². The summed E-state index contributed by atoms with van der Waals surface area (Å²) in [5.41, 5.74) is 20.8. The molecule has 12 rings (SSSR count). The predicted octanol–water partition coefficient (Wildman–Crippen LogP) is 13.9. The average Bonchev–Trinajstić information content (AvgIpc) is 0.818. The third-order valence-corrected chi connectivity index (χ3v) is 14.8. The second-order valence-electron chi connectivity index (χ2n) is 22.6. The molecule has 5 aromatic carbocycles. The molecule has 108 heavy (non-hydrogen) atoms. The molecule has 2 amide bonds. The van der Waals surface area contributed by atoms with Crippen LogP contribution in [0.15, 0.2) is 210 Å². The van der Waals surface area contributed by atoms with Gasteiger partial charge >= 0.3 is 18.5 Å². The van der Waals surface area contributed by atoms with E-state index in [0.29, 0.717) is 65.0 Å². The van der Waals surface area contributed by atoms with E-state index in [1.807, 2.05) is 0 Å². The Morgan fingerprint density at radius 2 is 0.833 bits per heavy atom. The lowest BCUT2D eigenvalue weighted by Crippen LogP contribution is -2.39. The first-order valence-electron chi connectivity index (χ1n) is 31.7. The van der Waals surface area contributed by atoms with Gasteiger partial charge in [0.25, 0.3) is 0 Å². The molecule has 1 aliphatic heterocycles. The fourth-order valence-corrected chi connectivity index (χ4v) is 9.52. The van der Waals surface area contributed by atoms with E-state index in [1.165, 1.54) is 110 Å². The first-order chi connectivity index (χ1) is 51.7. The Balaban J connectivity index is 0.000000173. The van der Waals surface area contributed by atoms with Crippen molar-refractivity contribution in [3.8, 4) is 22.5 Å². The Labute approximate surface area is 604 Å². The van der Waals surface area contributed by atoms with Gasteiger partial charge in [0.05, 0.1) is 120 Å². The first kappa shape index (κ1) is 77.0. The molecule has 1 aliphatic rings. The van der Waals surface area contributed by atoms with Gasteiger partial charge in [0, 0.05) is 65.5 Å². The van der Waals surface area contributed by atoms with Crippen molar-refractivity contribution < 1.29 is 67.0 Å². The predicted molar refractivity (Wildman–Crippen MR) is 380 cm³/mol. The molecule has 1 saturated heterocycles. The van der Waals surface area contributed by atoms with E-state index in [9.17, 15) is 62.3 Å². The Bertz CT molecular complexity index is 4980. The fourth-order valence-electron chi connectivity index (χ4n) is 9.52. The van der Waals surface area contributed by atoms with E-state index in [-0.39, 0.29) is 63.2 Å². The molecule has 1 fully saturated rings. The molecule has 11 N–H and O–H groups in total. The third kappa shape index (κ3) is 23.0. The van der Waals surface area contributed by atoms with Gasteiger partial charge < -0.3 is 37.5 Å². The van der Waals surface area contributed by atoms with E-state index in [0.717, 1.165) is 74.6 Å². The molecule has 37 heteroatoms. The maximum absolute atomic E-state index is 14.3. The number of halogens is 12. The average molecular weight is 1500 g/mol. The number of hydrogen-bond acceptors (Lipinski definition) is 23. The number of benzene rings is 5. The first-order valence-corrected chi connectivity index (χ1v) is 31.7. The van der Waals surface area contributed by atoms with Crippen LogP contribution in [-0.2, 0) is 23.3 Å². The van der Waals surface area contributed by atoms with Gasteiger partial charge in [-0.3, -0.25) is 29.4 Å². The zero-order chi connectivity index (χ0) is 76.8. The van der Waals surface area contributed by atoms with Gasteiger partial charge in [0.2, 0.25) is 29.7 Å².